The molecule has 1 saturated heterocycles. The van der Waals surface area contributed by atoms with Gasteiger partial charge in [0.2, 0.25) is 11.8 Å². The molecule has 33 heavy (non-hydrogen) atoms. The molecule has 8 nitrogen and oxygen atoms in total. The molecule has 10 heteroatoms. The summed E-state index contributed by atoms with van der Waals surface area (Å²) in [4.78, 5) is 25.2. The third kappa shape index (κ3) is 4.01. The van der Waals surface area contributed by atoms with Gasteiger partial charge in [-0.2, -0.15) is 4.31 Å². The second-order valence-electron chi connectivity index (χ2n) is 10.4. The molecule has 0 radical (unpaired) electrons. The number of aryl methyl sites for hydroxylation is 1. The standard InChI is InChI=1S/C23H33ClN4O4S/c1-14-7-18(24)3-4-19(14)28-6-2-5-27(33(28,31)32)13-20(29)26-21-16-8-15-9-17(21)12-23(10-15,11-16)22(25)30/h3-4,7,15-17,21,31-32H,2,5-6,8-13H2,1H3,(H2,25,30)(H,26,29). The molecule has 182 valence electrons. The van der Waals surface area contributed by atoms with E-state index in [1.165, 1.54) is 4.31 Å². The van der Waals surface area contributed by atoms with Gasteiger partial charge in [0.1, 0.15) is 0 Å². The van der Waals surface area contributed by atoms with Crippen molar-refractivity contribution in [2.24, 2.45) is 28.9 Å². The van der Waals surface area contributed by atoms with E-state index in [0.717, 1.165) is 37.7 Å². The summed E-state index contributed by atoms with van der Waals surface area (Å²) in [7, 11) is -3.33. The summed E-state index contributed by atoms with van der Waals surface area (Å²) in [5.74, 6) is 0.667. The fourth-order valence-electron chi connectivity index (χ4n) is 7.05. The van der Waals surface area contributed by atoms with Crippen LogP contribution < -0.4 is 15.4 Å². The van der Waals surface area contributed by atoms with Gasteiger partial charge in [-0.1, -0.05) is 11.6 Å². The number of anilines is 1. The zero-order valence-electron chi connectivity index (χ0n) is 18.9. The first-order valence-corrected chi connectivity index (χ1v) is 13.6. The van der Waals surface area contributed by atoms with Crippen molar-refractivity contribution < 1.29 is 18.7 Å². The van der Waals surface area contributed by atoms with E-state index in [2.05, 4.69) is 5.32 Å². The van der Waals surface area contributed by atoms with E-state index >= 15 is 0 Å². The molecule has 1 aromatic rings. The average molecular weight is 497 g/mol. The van der Waals surface area contributed by atoms with Crippen LogP contribution in [0.5, 0.6) is 0 Å². The lowest BCUT2D eigenvalue weighted by atomic mass is 9.47. The van der Waals surface area contributed by atoms with Gasteiger partial charge in [-0.3, -0.25) is 23.0 Å². The number of nitrogens with one attached hydrogen (secondary N) is 1. The highest BCUT2D eigenvalue weighted by Gasteiger charge is 2.58. The van der Waals surface area contributed by atoms with Crippen molar-refractivity contribution in [1.29, 1.82) is 0 Å². The van der Waals surface area contributed by atoms with Crippen molar-refractivity contribution >= 4 is 40.1 Å². The van der Waals surface area contributed by atoms with Crippen LogP contribution >= 0.6 is 22.6 Å². The number of halogens is 1. The van der Waals surface area contributed by atoms with E-state index in [-0.39, 0.29) is 36.2 Å². The molecule has 2 atom stereocenters. The molecule has 4 saturated carbocycles. The zero-order valence-corrected chi connectivity index (χ0v) is 20.4. The van der Waals surface area contributed by atoms with Gasteiger partial charge in [-0.25, -0.2) is 0 Å². The number of amides is 2. The summed E-state index contributed by atoms with van der Waals surface area (Å²) >= 11 is 6.07. The fourth-order valence-corrected chi connectivity index (χ4v) is 9.06. The van der Waals surface area contributed by atoms with Crippen LogP contribution in [-0.2, 0) is 9.59 Å². The first kappa shape index (κ1) is 23.2. The van der Waals surface area contributed by atoms with Gasteiger partial charge in [0, 0.05) is 29.6 Å². The topological polar surface area (TPSA) is 119 Å². The van der Waals surface area contributed by atoms with E-state index in [1.807, 2.05) is 6.92 Å². The molecule has 5 N–H and O–H groups in total. The summed E-state index contributed by atoms with van der Waals surface area (Å²) in [6.07, 6.45) is 5.16. The number of carbonyl (C=O) groups excluding carboxylic acids is 2. The Labute approximate surface area is 201 Å². The van der Waals surface area contributed by atoms with E-state index in [4.69, 9.17) is 17.3 Å². The summed E-state index contributed by atoms with van der Waals surface area (Å²) < 4.78 is 25.3. The first-order chi connectivity index (χ1) is 15.6. The SMILES string of the molecule is Cc1cc(Cl)ccc1N1CCCN(CC(=O)NC2C3CC4CC2CC(C(N)=O)(C4)C3)S1(O)O. The van der Waals surface area contributed by atoms with Gasteiger partial charge in [-0.05, 0) is 97.9 Å². The minimum Gasteiger partial charge on any atom is -0.369 e. The summed E-state index contributed by atoms with van der Waals surface area (Å²) in [6.45, 7) is 2.73. The summed E-state index contributed by atoms with van der Waals surface area (Å²) in [5.41, 5.74) is 6.95. The molecular formula is C23H33ClN4O4S. The van der Waals surface area contributed by atoms with Crippen LogP contribution in [0.2, 0.25) is 5.02 Å². The number of nitrogens with zero attached hydrogens (tertiary/aromatic N) is 2. The molecule has 1 aromatic carbocycles. The molecule has 0 aromatic heterocycles. The lowest BCUT2D eigenvalue weighted by Crippen LogP contribution is -2.62. The van der Waals surface area contributed by atoms with Crippen LogP contribution in [0.4, 0.5) is 5.69 Å². The molecule has 1 aliphatic heterocycles. The van der Waals surface area contributed by atoms with Crippen LogP contribution in [-0.4, -0.2) is 50.9 Å². The Bertz CT molecular complexity index is 960. The number of carbonyl (C=O) groups is 2. The lowest BCUT2D eigenvalue weighted by molar-refractivity contribution is -0.147. The molecule has 6 rings (SSSR count). The van der Waals surface area contributed by atoms with Crippen molar-refractivity contribution in [3.8, 4) is 0 Å². The predicted molar refractivity (Wildman–Crippen MR) is 130 cm³/mol. The van der Waals surface area contributed by atoms with Crippen molar-refractivity contribution in [2.45, 2.75) is 51.5 Å². The third-order valence-corrected chi connectivity index (χ3v) is 10.5. The second kappa shape index (κ2) is 8.30. The Kier molecular flexibility index (Phi) is 5.85. The van der Waals surface area contributed by atoms with E-state index < -0.39 is 16.4 Å². The van der Waals surface area contributed by atoms with Crippen LogP contribution in [0.3, 0.4) is 0 Å². The highest BCUT2D eigenvalue weighted by molar-refractivity contribution is 8.23. The third-order valence-electron chi connectivity index (χ3n) is 8.28. The van der Waals surface area contributed by atoms with Gasteiger partial charge in [0.25, 0.3) is 0 Å². The Morgan fingerprint density at radius 1 is 1.21 bits per heavy atom. The molecular weight excluding hydrogens is 464 g/mol. The van der Waals surface area contributed by atoms with E-state index in [1.54, 1.807) is 22.5 Å². The molecule has 0 spiro atoms. The van der Waals surface area contributed by atoms with Crippen molar-refractivity contribution in [3.05, 3.63) is 28.8 Å². The Balaban J connectivity index is 1.27. The second-order valence-corrected chi connectivity index (χ2v) is 12.8. The number of nitrogens with two attached hydrogens (primary N) is 1. The Hall–Kier alpha value is -1.52. The van der Waals surface area contributed by atoms with E-state index in [0.29, 0.717) is 36.1 Å². The highest BCUT2D eigenvalue weighted by Crippen LogP contribution is 2.60. The molecule has 2 amide bonds. The Morgan fingerprint density at radius 2 is 1.91 bits per heavy atom. The normalized spacial score (nSPS) is 35.9. The fraction of sp³-hybridized carbons (Fsp3) is 0.652. The number of rotatable bonds is 5. The zero-order chi connectivity index (χ0) is 23.5. The van der Waals surface area contributed by atoms with Crippen molar-refractivity contribution in [3.63, 3.8) is 0 Å². The van der Waals surface area contributed by atoms with Crippen LogP contribution in [0.1, 0.15) is 44.1 Å². The smallest absolute Gasteiger partial charge is 0.236 e. The van der Waals surface area contributed by atoms with Gasteiger partial charge < -0.3 is 11.1 Å². The van der Waals surface area contributed by atoms with E-state index in [9.17, 15) is 18.7 Å². The maximum absolute atomic E-state index is 13.1. The maximum atomic E-state index is 13.1. The van der Waals surface area contributed by atoms with Gasteiger partial charge in [0.15, 0.2) is 0 Å². The lowest BCUT2D eigenvalue weighted by Gasteiger charge is -2.59. The molecule has 4 bridgehead atoms. The molecule has 1 heterocycles. The number of hydrogen-bond acceptors (Lipinski definition) is 6. The predicted octanol–water partition coefficient (Wildman–Crippen LogP) is 3.54. The van der Waals surface area contributed by atoms with Crippen molar-refractivity contribution in [1.82, 2.24) is 9.62 Å². The number of primary amides is 1. The van der Waals surface area contributed by atoms with Crippen molar-refractivity contribution in [2.75, 3.05) is 23.9 Å². The summed E-state index contributed by atoms with van der Waals surface area (Å²) in [6, 6.07) is 5.35. The average Bonchev–Trinajstić information content (AvgIpc) is 2.72. The van der Waals surface area contributed by atoms with Crippen LogP contribution in [0.25, 0.3) is 0 Å². The Morgan fingerprint density at radius 3 is 2.55 bits per heavy atom. The molecule has 5 aliphatic rings. The highest BCUT2D eigenvalue weighted by atomic mass is 35.5. The van der Waals surface area contributed by atoms with Crippen LogP contribution in [0, 0.1) is 30.1 Å². The van der Waals surface area contributed by atoms with Gasteiger partial charge in [0.05, 0.1) is 12.2 Å². The van der Waals surface area contributed by atoms with Gasteiger partial charge in [-0.15, -0.1) is 0 Å². The molecule has 2 unspecified atom stereocenters. The molecule has 5 fully saturated rings. The number of hydrogen-bond donors (Lipinski definition) is 4. The van der Waals surface area contributed by atoms with Crippen LogP contribution in [0.15, 0.2) is 18.2 Å². The monoisotopic (exact) mass is 496 g/mol. The number of benzene rings is 1. The minimum absolute atomic E-state index is 0.0303. The minimum atomic E-state index is -3.33. The quantitative estimate of drug-likeness (QED) is 0.495. The first-order valence-electron chi connectivity index (χ1n) is 11.8. The largest absolute Gasteiger partial charge is 0.369 e. The van der Waals surface area contributed by atoms with Gasteiger partial charge >= 0.3 is 0 Å². The molecule has 4 aliphatic carbocycles. The summed E-state index contributed by atoms with van der Waals surface area (Å²) in [5, 5.41) is 3.79. The maximum Gasteiger partial charge on any atom is 0.236 e.